The lowest BCUT2D eigenvalue weighted by Crippen LogP contribution is -2.99. The number of rotatable bonds is 4. The predicted octanol–water partition coefficient (Wildman–Crippen LogP) is 0.249. The van der Waals surface area contributed by atoms with Gasteiger partial charge in [0, 0.05) is 5.56 Å². The van der Waals surface area contributed by atoms with Crippen molar-refractivity contribution in [1.82, 2.24) is 4.90 Å². The van der Waals surface area contributed by atoms with Crippen LogP contribution in [0.15, 0.2) is 42.5 Å². The molecule has 0 aromatic heterocycles. The highest BCUT2D eigenvalue weighted by molar-refractivity contribution is 6.35. The van der Waals surface area contributed by atoms with E-state index in [-0.39, 0.29) is 13.0 Å². The molecular weight excluding hydrogens is 439 g/mol. The van der Waals surface area contributed by atoms with Crippen LogP contribution in [-0.4, -0.2) is 34.6 Å². The standard InChI is InChI=1S/C22H18ClFN4O4/c23-13-3-1-2-12-18(13)26-21(32)22(12)17-16(14(27-22)8-15(25)29)19(30)28(20(17)31)9-10-4-6-11(24)7-5-10/h1-7,14,16-17,27H,8-9H2,(H2,25,29)(H,26,32)/p+1/t14-,16+,17-,22-/m0/s1. The van der Waals surface area contributed by atoms with Crippen molar-refractivity contribution in [2.75, 3.05) is 5.32 Å². The Labute approximate surface area is 186 Å². The highest BCUT2D eigenvalue weighted by Gasteiger charge is 2.74. The minimum atomic E-state index is -1.44. The molecule has 32 heavy (non-hydrogen) atoms. The molecule has 3 heterocycles. The fourth-order valence-corrected chi connectivity index (χ4v) is 5.58. The van der Waals surface area contributed by atoms with E-state index in [2.05, 4.69) is 5.32 Å². The maximum Gasteiger partial charge on any atom is 0.291 e. The van der Waals surface area contributed by atoms with E-state index < -0.39 is 52.9 Å². The fourth-order valence-electron chi connectivity index (χ4n) is 5.36. The number of likely N-dealkylation sites (tertiary alicyclic amines) is 1. The van der Waals surface area contributed by atoms with Crippen LogP contribution < -0.4 is 16.4 Å². The molecule has 1 spiro atoms. The third-order valence-electron chi connectivity index (χ3n) is 6.64. The SMILES string of the molecule is NC(=O)C[C@@H]1[NH2+][C@]2(C(=O)Nc3c(Cl)cccc32)[C@@H]2C(=O)N(Cc3ccc(F)cc3)C(=O)[C@H]12. The Hall–Kier alpha value is -3.30. The Morgan fingerprint density at radius 1 is 1.16 bits per heavy atom. The molecule has 3 aliphatic rings. The van der Waals surface area contributed by atoms with Crippen LogP contribution in [0.5, 0.6) is 0 Å². The second-order valence-corrected chi connectivity index (χ2v) is 8.79. The van der Waals surface area contributed by atoms with Gasteiger partial charge in [0.2, 0.25) is 23.3 Å². The number of primary amides is 1. The van der Waals surface area contributed by atoms with Crippen molar-refractivity contribution >= 4 is 40.9 Å². The van der Waals surface area contributed by atoms with Crippen LogP contribution in [0.3, 0.4) is 0 Å². The van der Waals surface area contributed by atoms with Gasteiger partial charge in [-0.25, -0.2) is 4.39 Å². The molecule has 2 aromatic rings. The molecule has 3 aliphatic heterocycles. The molecule has 0 unspecified atom stereocenters. The van der Waals surface area contributed by atoms with E-state index in [0.717, 1.165) is 4.90 Å². The molecule has 4 atom stereocenters. The van der Waals surface area contributed by atoms with E-state index in [9.17, 15) is 23.6 Å². The van der Waals surface area contributed by atoms with E-state index >= 15 is 0 Å². The molecule has 4 amide bonds. The average Bonchev–Trinajstić information content (AvgIpc) is 3.31. The van der Waals surface area contributed by atoms with Crippen LogP contribution in [0.4, 0.5) is 10.1 Å². The first-order valence-corrected chi connectivity index (χ1v) is 10.5. The normalized spacial score (nSPS) is 28.2. The second-order valence-electron chi connectivity index (χ2n) is 8.38. The zero-order valence-corrected chi connectivity index (χ0v) is 17.4. The summed E-state index contributed by atoms with van der Waals surface area (Å²) in [4.78, 5) is 53.1. The van der Waals surface area contributed by atoms with Gasteiger partial charge in [-0.15, -0.1) is 0 Å². The number of carbonyl (C=O) groups is 4. The third kappa shape index (κ3) is 2.78. The number of imide groups is 1. The van der Waals surface area contributed by atoms with Crippen molar-refractivity contribution < 1.29 is 28.9 Å². The highest BCUT2D eigenvalue weighted by Crippen LogP contribution is 2.51. The molecule has 2 fully saturated rings. The highest BCUT2D eigenvalue weighted by atomic mass is 35.5. The van der Waals surface area contributed by atoms with Crippen molar-refractivity contribution in [2.45, 2.75) is 24.5 Å². The number of halogens is 2. The largest absolute Gasteiger partial charge is 0.369 e. The minimum Gasteiger partial charge on any atom is -0.369 e. The summed E-state index contributed by atoms with van der Waals surface area (Å²) >= 11 is 6.28. The molecule has 8 nitrogen and oxygen atoms in total. The number of quaternary nitrogens is 1. The number of hydrogen-bond donors (Lipinski definition) is 3. The fraction of sp³-hybridized carbons (Fsp3) is 0.273. The van der Waals surface area contributed by atoms with E-state index in [1.54, 1.807) is 23.5 Å². The number of anilines is 1. The van der Waals surface area contributed by atoms with Crippen LogP contribution in [0.2, 0.25) is 5.02 Å². The number of amides is 4. The van der Waals surface area contributed by atoms with Gasteiger partial charge in [0.1, 0.15) is 23.7 Å². The molecule has 0 bridgehead atoms. The van der Waals surface area contributed by atoms with Gasteiger partial charge in [0.25, 0.3) is 5.91 Å². The van der Waals surface area contributed by atoms with Crippen molar-refractivity contribution in [1.29, 1.82) is 0 Å². The maximum absolute atomic E-state index is 13.6. The van der Waals surface area contributed by atoms with Crippen LogP contribution in [0.25, 0.3) is 0 Å². The summed E-state index contributed by atoms with van der Waals surface area (Å²) in [6.45, 7) is -0.0612. The number of nitrogens with zero attached hydrogens (tertiary/aromatic N) is 1. The summed E-state index contributed by atoms with van der Waals surface area (Å²) in [5, 5.41) is 4.69. The first kappa shape index (κ1) is 20.6. The first-order chi connectivity index (χ1) is 15.2. The summed E-state index contributed by atoms with van der Waals surface area (Å²) in [7, 11) is 0. The number of hydrogen-bond acceptors (Lipinski definition) is 4. The molecule has 0 aliphatic carbocycles. The summed E-state index contributed by atoms with van der Waals surface area (Å²) in [5.74, 6) is -4.47. The molecule has 2 saturated heterocycles. The number of benzene rings is 2. The second kappa shape index (κ2) is 7.11. The lowest BCUT2D eigenvalue weighted by Gasteiger charge is -2.26. The summed E-state index contributed by atoms with van der Waals surface area (Å²) in [5.41, 5.74) is 5.45. The Kier molecular flexibility index (Phi) is 4.58. The number of carbonyl (C=O) groups excluding carboxylic acids is 4. The van der Waals surface area contributed by atoms with Crippen LogP contribution in [0, 0.1) is 17.7 Å². The number of nitrogens with two attached hydrogens (primary N) is 2. The first-order valence-electron chi connectivity index (χ1n) is 10.1. The van der Waals surface area contributed by atoms with Crippen LogP contribution in [0.1, 0.15) is 17.5 Å². The van der Waals surface area contributed by atoms with Crippen LogP contribution in [-0.2, 0) is 31.3 Å². The van der Waals surface area contributed by atoms with Crippen LogP contribution >= 0.6 is 11.6 Å². The zero-order chi connectivity index (χ0) is 22.8. The summed E-state index contributed by atoms with van der Waals surface area (Å²) < 4.78 is 13.3. The van der Waals surface area contributed by atoms with E-state index in [1.165, 1.54) is 24.3 Å². The van der Waals surface area contributed by atoms with Gasteiger partial charge in [0.05, 0.1) is 23.7 Å². The zero-order valence-electron chi connectivity index (χ0n) is 16.7. The van der Waals surface area contributed by atoms with Gasteiger partial charge in [0.15, 0.2) is 0 Å². The number of nitrogens with one attached hydrogen (secondary N) is 1. The summed E-state index contributed by atoms with van der Waals surface area (Å²) in [6.07, 6.45) is -0.171. The van der Waals surface area contributed by atoms with Crippen molar-refractivity contribution in [3.8, 4) is 0 Å². The Balaban J connectivity index is 1.60. The van der Waals surface area contributed by atoms with E-state index in [4.69, 9.17) is 17.3 Å². The average molecular weight is 458 g/mol. The Morgan fingerprint density at radius 2 is 1.88 bits per heavy atom. The van der Waals surface area contributed by atoms with Crippen molar-refractivity contribution in [3.05, 3.63) is 64.4 Å². The topological polar surface area (TPSA) is 126 Å². The van der Waals surface area contributed by atoms with Gasteiger partial charge in [-0.3, -0.25) is 24.1 Å². The summed E-state index contributed by atoms with van der Waals surface area (Å²) in [6, 6.07) is 9.76. The molecular formula is C22H19ClFN4O4+. The molecule has 10 heteroatoms. The van der Waals surface area contributed by atoms with E-state index in [1.807, 2.05) is 0 Å². The van der Waals surface area contributed by atoms with Gasteiger partial charge >= 0.3 is 0 Å². The van der Waals surface area contributed by atoms with E-state index in [0.29, 0.717) is 21.8 Å². The predicted molar refractivity (Wildman–Crippen MR) is 110 cm³/mol. The number of para-hydroxylation sites is 1. The smallest absolute Gasteiger partial charge is 0.291 e. The molecule has 2 aromatic carbocycles. The molecule has 164 valence electrons. The lowest BCUT2D eigenvalue weighted by atomic mass is 9.76. The van der Waals surface area contributed by atoms with Gasteiger partial charge < -0.3 is 16.4 Å². The van der Waals surface area contributed by atoms with Crippen molar-refractivity contribution in [3.63, 3.8) is 0 Å². The molecule has 0 saturated carbocycles. The lowest BCUT2D eigenvalue weighted by molar-refractivity contribution is -0.732. The Bertz CT molecular complexity index is 1190. The molecule has 5 rings (SSSR count). The molecule has 0 radical (unpaired) electrons. The minimum absolute atomic E-state index is 0.0612. The van der Waals surface area contributed by atoms with Gasteiger partial charge in [-0.2, -0.15) is 0 Å². The number of fused-ring (bicyclic) bond motifs is 4. The molecule has 5 N–H and O–H groups in total. The van der Waals surface area contributed by atoms with Crippen molar-refractivity contribution in [2.24, 2.45) is 17.6 Å². The maximum atomic E-state index is 13.6. The quantitative estimate of drug-likeness (QED) is 0.569. The Morgan fingerprint density at radius 3 is 2.56 bits per heavy atom. The van der Waals surface area contributed by atoms with Gasteiger partial charge in [-0.05, 0) is 29.8 Å². The monoisotopic (exact) mass is 457 g/mol. The van der Waals surface area contributed by atoms with Gasteiger partial charge in [-0.1, -0.05) is 29.8 Å². The third-order valence-corrected chi connectivity index (χ3v) is 6.95.